The van der Waals surface area contributed by atoms with Crippen LogP contribution in [0.3, 0.4) is 0 Å². The van der Waals surface area contributed by atoms with Gasteiger partial charge in [-0.25, -0.2) is 0 Å². The standard InChI is InChI=1S/C25H21BrClNO3/c1-3-28-22-7-5-4-6-19(22)20(25(28)29)12-17-13-23(30-2)24(14-21(17)26)31-15-16-8-10-18(27)11-9-16/h4-14H,3,15H2,1-2H3/b20-12-. The Labute approximate surface area is 195 Å². The fourth-order valence-electron chi connectivity index (χ4n) is 3.59. The van der Waals surface area contributed by atoms with E-state index in [1.165, 1.54) is 0 Å². The van der Waals surface area contributed by atoms with Crippen LogP contribution in [0.25, 0.3) is 11.6 Å². The van der Waals surface area contributed by atoms with Gasteiger partial charge >= 0.3 is 0 Å². The second-order valence-corrected chi connectivity index (χ2v) is 8.36. The highest BCUT2D eigenvalue weighted by atomic mass is 79.9. The van der Waals surface area contributed by atoms with Crippen LogP contribution in [-0.4, -0.2) is 19.6 Å². The van der Waals surface area contributed by atoms with E-state index < -0.39 is 0 Å². The van der Waals surface area contributed by atoms with Gasteiger partial charge in [0, 0.05) is 27.2 Å². The van der Waals surface area contributed by atoms with E-state index in [1.807, 2.05) is 73.7 Å². The number of amides is 1. The molecule has 0 fully saturated rings. The Kier molecular flexibility index (Phi) is 6.35. The van der Waals surface area contributed by atoms with Gasteiger partial charge in [0.05, 0.1) is 12.8 Å². The summed E-state index contributed by atoms with van der Waals surface area (Å²) in [5.41, 5.74) is 4.37. The van der Waals surface area contributed by atoms with E-state index in [-0.39, 0.29) is 5.91 Å². The first-order valence-electron chi connectivity index (χ1n) is 9.89. The molecule has 0 radical (unpaired) electrons. The number of likely N-dealkylation sites (N-methyl/N-ethyl adjacent to an activating group) is 1. The predicted molar refractivity (Wildman–Crippen MR) is 129 cm³/mol. The smallest absolute Gasteiger partial charge is 0.258 e. The molecule has 0 atom stereocenters. The van der Waals surface area contributed by atoms with Crippen molar-refractivity contribution in [3.05, 3.63) is 86.8 Å². The third-order valence-corrected chi connectivity index (χ3v) is 6.11. The van der Waals surface area contributed by atoms with Crippen molar-refractivity contribution in [3.63, 3.8) is 0 Å². The number of anilines is 1. The summed E-state index contributed by atoms with van der Waals surface area (Å²) in [6.45, 7) is 2.98. The van der Waals surface area contributed by atoms with Crippen LogP contribution in [0, 0.1) is 0 Å². The van der Waals surface area contributed by atoms with Gasteiger partial charge in [0.2, 0.25) is 0 Å². The third kappa shape index (κ3) is 4.34. The van der Waals surface area contributed by atoms with Gasteiger partial charge in [-0.05, 0) is 54.5 Å². The zero-order valence-electron chi connectivity index (χ0n) is 17.2. The first-order chi connectivity index (χ1) is 15.0. The minimum Gasteiger partial charge on any atom is -0.493 e. The van der Waals surface area contributed by atoms with E-state index in [0.29, 0.717) is 35.2 Å². The Hall–Kier alpha value is -2.76. The summed E-state index contributed by atoms with van der Waals surface area (Å²) in [4.78, 5) is 14.8. The largest absolute Gasteiger partial charge is 0.493 e. The summed E-state index contributed by atoms with van der Waals surface area (Å²) in [6, 6.07) is 19.1. The van der Waals surface area contributed by atoms with Crippen molar-refractivity contribution in [1.29, 1.82) is 0 Å². The number of carbonyl (C=O) groups excluding carboxylic acids is 1. The van der Waals surface area contributed by atoms with Gasteiger partial charge in [-0.3, -0.25) is 4.79 Å². The van der Waals surface area contributed by atoms with Crippen LogP contribution in [0.2, 0.25) is 5.02 Å². The molecule has 4 nitrogen and oxygen atoms in total. The van der Waals surface area contributed by atoms with Gasteiger partial charge in [-0.15, -0.1) is 0 Å². The van der Waals surface area contributed by atoms with Crippen molar-refractivity contribution in [2.75, 3.05) is 18.6 Å². The first kappa shape index (κ1) is 21.5. The number of hydrogen-bond donors (Lipinski definition) is 0. The highest BCUT2D eigenvalue weighted by molar-refractivity contribution is 9.10. The van der Waals surface area contributed by atoms with Gasteiger partial charge in [-0.1, -0.05) is 57.9 Å². The summed E-state index contributed by atoms with van der Waals surface area (Å²) in [7, 11) is 1.60. The van der Waals surface area contributed by atoms with Crippen LogP contribution in [0.15, 0.2) is 65.1 Å². The summed E-state index contributed by atoms with van der Waals surface area (Å²) < 4.78 is 12.3. The van der Waals surface area contributed by atoms with Crippen molar-refractivity contribution >= 4 is 50.8 Å². The van der Waals surface area contributed by atoms with E-state index >= 15 is 0 Å². The van der Waals surface area contributed by atoms with Gasteiger partial charge in [0.1, 0.15) is 6.61 Å². The molecule has 6 heteroatoms. The molecule has 0 spiro atoms. The molecule has 3 aromatic carbocycles. The minimum absolute atomic E-state index is 0.00219. The fraction of sp³-hybridized carbons (Fsp3) is 0.160. The number of nitrogens with zero attached hydrogens (tertiary/aromatic N) is 1. The van der Waals surface area contributed by atoms with Crippen LogP contribution >= 0.6 is 27.5 Å². The van der Waals surface area contributed by atoms with Crippen molar-refractivity contribution in [2.45, 2.75) is 13.5 Å². The summed E-state index contributed by atoms with van der Waals surface area (Å²) in [5.74, 6) is 1.20. The molecule has 0 aromatic heterocycles. The fourth-order valence-corrected chi connectivity index (χ4v) is 4.15. The first-order valence-corrected chi connectivity index (χ1v) is 11.1. The topological polar surface area (TPSA) is 38.8 Å². The molecule has 3 aromatic rings. The van der Waals surface area contributed by atoms with E-state index in [1.54, 1.807) is 12.0 Å². The number of ether oxygens (including phenoxy) is 2. The Bertz CT molecular complexity index is 1160. The maximum atomic E-state index is 13.0. The van der Waals surface area contributed by atoms with Crippen LogP contribution in [0.1, 0.15) is 23.6 Å². The summed E-state index contributed by atoms with van der Waals surface area (Å²) >= 11 is 9.57. The molecule has 1 heterocycles. The summed E-state index contributed by atoms with van der Waals surface area (Å²) in [5, 5.41) is 0.686. The lowest BCUT2D eigenvalue weighted by Gasteiger charge is -2.14. The molecule has 1 aliphatic rings. The van der Waals surface area contributed by atoms with Gasteiger partial charge in [-0.2, -0.15) is 0 Å². The molecule has 0 saturated carbocycles. The number of benzene rings is 3. The van der Waals surface area contributed by atoms with Gasteiger partial charge in [0.25, 0.3) is 5.91 Å². The normalized spacial score (nSPS) is 14.1. The molecular formula is C25H21BrClNO3. The number of rotatable bonds is 6. The quantitative estimate of drug-likeness (QED) is 0.360. The van der Waals surface area contributed by atoms with Crippen LogP contribution < -0.4 is 14.4 Å². The number of para-hydroxylation sites is 1. The van der Waals surface area contributed by atoms with Crippen molar-refractivity contribution in [2.24, 2.45) is 0 Å². The molecule has 0 aliphatic carbocycles. The molecule has 0 unspecified atom stereocenters. The molecule has 0 saturated heterocycles. The van der Waals surface area contributed by atoms with E-state index in [9.17, 15) is 4.79 Å². The third-order valence-electron chi connectivity index (χ3n) is 5.17. The molecule has 0 N–H and O–H groups in total. The van der Waals surface area contributed by atoms with Crippen molar-refractivity contribution < 1.29 is 14.3 Å². The zero-order valence-corrected chi connectivity index (χ0v) is 19.5. The van der Waals surface area contributed by atoms with E-state index in [0.717, 1.165) is 26.9 Å². The lowest BCUT2D eigenvalue weighted by Crippen LogP contribution is -2.25. The number of hydrogen-bond acceptors (Lipinski definition) is 3. The molecule has 1 aliphatic heterocycles. The predicted octanol–water partition coefficient (Wildman–Crippen LogP) is 6.60. The maximum absolute atomic E-state index is 13.0. The highest BCUT2D eigenvalue weighted by Gasteiger charge is 2.31. The van der Waals surface area contributed by atoms with E-state index in [4.69, 9.17) is 21.1 Å². The van der Waals surface area contributed by atoms with Gasteiger partial charge in [0.15, 0.2) is 11.5 Å². The minimum atomic E-state index is -0.00219. The second kappa shape index (κ2) is 9.16. The van der Waals surface area contributed by atoms with Gasteiger partial charge < -0.3 is 14.4 Å². The molecule has 1 amide bonds. The second-order valence-electron chi connectivity index (χ2n) is 7.06. The average molecular weight is 499 g/mol. The van der Waals surface area contributed by atoms with Crippen LogP contribution in [0.4, 0.5) is 5.69 Å². The molecule has 4 rings (SSSR count). The lowest BCUT2D eigenvalue weighted by atomic mass is 10.0. The SMILES string of the molecule is CCN1C(=O)/C(=C\c2cc(OC)c(OCc3ccc(Cl)cc3)cc2Br)c2ccccc21. The number of methoxy groups -OCH3 is 1. The molecule has 158 valence electrons. The van der Waals surface area contributed by atoms with Crippen molar-refractivity contribution in [3.8, 4) is 11.5 Å². The maximum Gasteiger partial charge on any atom is 0.258 e. The van der Waals surface area contributed by atoms with Crippen LogP contribution in [-0.2, 0) is 11.4 Å². The Morgan fingerprint density at radius 1 is 1.06 bits per heavy atom. The number of fused-ring (bicyclic) bond motifs is 1. The van der Waals surface area contributed by atoms with E-state index in [2.05, 4.69) is 15.9 Å². The molecular weight excluding hydrogens is 478 g/mol. The van der Waals surface area contributed by atoms with Crippen molar-refractivity contribution in [1.82, 2.24) is 0 Å². The molecule has 0 bridgehead atoms. The Balaban J connectivity index is 1.65. The monoisotopic (exact) mass is 497 g/mol. The lowest BCUT2D eigenvalue weighted by molar-refractivity contribution is -0.112. The Morgan fingerprint density at radius 3 is 2.52 bits per heavy atom. The Morgan fingerprint density at radius 2 is 1.81 bits per heavy atom. The zero-order chi connectivity index (χ0) is 22.0. The summed E-state index contributed by atoms with van der Waals surface area (Å²) in [6.07, 6.45) is 1.90. The number of halogens is 2. The highest BCUT2D eigenvalue weighted by Crippen LogP contribution is 2.40. The average Bonchev–Trinajstić information content (AvgIpc) is 3.05. The van der Waals surface area contributed by atoms with Crippen LogP contribution in [0.5, 0.6) is 11.5 Å². The molecule has 31 heavy (non-hydrogen) atoms. The number of carbonyl (C=O) groups is 1.